The number of benzene rings is 1. The van der Waals surface area contributed by atoms with Crippen molar-refractivity contribution in [3.05, 3.63) is 35.1 Å². The third-order valence-corrected chi connectivity index (χ3v) is 3.22. The molecule has 1 aromatic carbocycles. The highest BCUT2D eigenvalue weighted by molar-refractivity contribution is 5.70. The highest BCUT2D eigenvalue weighted by Gasteiger charge is 2.17. The van der Waals surface area contributed by atoms with Gasteiger partial charge in [-0.25, -0.2) is 4.39 Å². The lowest BCUT2D eigenvalue weighted by atomic mass is 9.89. The van der Waals surface area contributed by atoms with Crippen LogP contribution in [0.2, 0.25) is 0 Å². The van der Waals surface area contributed by atoms with Crippen LogP contribution in [0.1, 0.15) is 29.9 Å². The molecule has 92 valence electrons. The predicted molar refractivity (Wildman–Crippen MR) is 62.6 cm³/mol. The van der Waals surface area contributed by atoms with Gasteiger partial charge in [-0.2, -0.15) is 0 Å². The van der Waals surface area contributed by atoms with E-state index in [9.17, 15) is 9.18 Å². The Morgan fingerprint density at radius 3 is 2.76 bits per heavy atom. The Morgan fingerprint density at radius 1 is 1.41 bits per heavy atom. The number of aliphatic carboxylic acids is 1. The summed E-state index contributed by atoms with van der Waals surface area (Å²) < 4.78 is 13.4. The van der Waals surface area contributed by atoms with E-state index in [4.69, 9.17) is 5.11 Å². The van der Waals surface area contributed by atoms with Gasteiger partial charge in [0.2, 0.25) is 0 Å². The van der Waals surface area contributed by atoms with Gasteiger partial charge < -0.3 is 10.4 Å². The molecule has 3 nitrogen and oxygen atoms in total. The van der Waals surface area contributed by atoms with Crippen LogP contribution in [-0.2, 0) is 11.2 Å². The molecule has 1 fully saturated rings. The number of rotatable bonds is 3. The molecule has 1 aromatic rings. The molecule has 1 heterocycles. The lowest BCUT2D eigenvalue weighted by Gasteiger charge is -2.23. The van der Waals surface area contributed by atoms with Crippen molar-refractivity contribution in [2.75, 3.05) is 13.1 Å². The Balaban J connectivity index is 2.20. The van der Waals surface area contributed by atoms with E-state index in [1.807, 2.05) is 0 Å². The fourth-order valence-corrected chi connectivity index (χ4v) is 2.30. The Bertz CT molecular complexity index is 414. The van der Waals surface area contributed by atoms with E-state index in [-0.39, 0.29) is 12.0 Å². The Hall–Kier alpha value is -1.42. The van der Waals surface area contributed by atoms with E-state index >= 15 is 0 Å². The molecule has 0 spiro atoms. The third kappa shape index (κ3) is 3.03. The Labute approximate surface area is 99.7 Å². The fourth-order valence-electron chi connectivity index (χ4n) is 2.30. The molecule has 0 amide bonds. The van der Waals surface area contributed by atoms with Crippen molar-refractivity contribution >= 4 is 5.97 Å². The molecular weight excluding hydrogens is 221 g/mol. The molecule has 0 radical (unpaired) electrons. The zero-order valence-corrected chi connectivity index (χ0v) is 9.58. The summed E-state index contributed by atoms with van der Waals surface area (Å²) in [7, 11) is 0. The third-order valence-electron chi connectivity index (χ3n) is 3.22. The smallest absolute Gasteiger partial charge is 0.307 e. The maximum atomic E-state index is 13.4. The number of nitrogens with one attached hydrogen (secondary N) is 1. The van der Waals surface area contributed by atoms with Gasteiger partial charge in [0.05, 0.1) is 6.42 Å². The molecule has 2 rings (SSSR count). The van der Waals surface area contributed by atoms with Gasteiger partial charge in [-0.3, -0.25) is 4.79 Å². The van der Waals surface area contributed by atoms with Crippen molar-refractivity contribution in [2.45, 2.75) is 25.2 Å². The van der Waals surface area contributed by atoms with Gasteiger partial charge in [-0.1, -0.05) is 12.1 Å². The standard InChI is InChI=1S/C13H16FNO2/c14-12-2-1-10(7-11(12)8-13(16)17)9-3-5-15-6-4-9/h1-2,7,9,15H,3-6,8H2,(H,16,17). The molecule has 0 bridgehead atoms. The first-order valence-corrected chi connectivity index (χ1v) is 5.87. The molecule has 2 N–H and O–H groups in total. The first-order chi connectivity index (χ1) is 8.16. The van der Waals surface area contributed by atoms with Crippen molar-refractivity contribution in [1.82, 2.24) is 5.32 Å². The monoisotopic (exact) mass is 237 g/mol. The number of carboxylic acid groups (broad SMARTS) is 1. The molecule has 0 atom stereocenters. The van der Waals surface area contributed by atoms with Crippen LogP contribution in [-0.4, -0.2) is 24.2 Å². The van der Waals surface area contributed by atoms with Gasteiger partial charge >= 0.3 is 5.97 Å². The minimum Gasteiger partial charge on any atom is -0.481 e. The molecule has 1 saturated heterocycles. The topological polar surface area (TPSA) is 49.3 Å². The first-order valence-electron chi connectivity index (χ1n) is 5.87. The number of carboxylic acids is 1. The van der Waals surface area contributed by atoms with Crippen LogP contribution in [0.5, 0.6) is 0 Å². The van der Waals surface area contributed by atoms with Crippen LogP contribution in [0.25, 0.3) is 0 Å². The van der Waals surface area contributed by atoms with Crippen LogP contribution in [0, 0.1) is 5.82 Å². The minimum atomic E-state index is -0.994. The SMILES string of the molecule is O=C(O)Cc1cc(C2CCNCC2)ccc1F. The second-order valence-electron chi connectivity index (χ2n) is 4.45. The van der Waals surface area contributed by atoms with Crippen molar-refractivity contribution in [3.8, 4) is 0 Å². The summed E-state index contributed by atoms with van der Waals surface area (Å²) in [6, 6.07) is 4.87. The number of carbonyl (C=O) groups is 1. The van der Waals surface area contributed by atoms with E-state index in [0.717, 1.165) is 31.5 Å². The zero-order valence-electron chi connectivity index (χ0n) is 9.58. The lowest BCUT2D eigenvalue weighted by molar-refractivity contribution is -0.136. The molecule has 0 unspecified atom stereocenters. The van der Waals surface area contributed by atoms with Gasteiger partial charge in [0.15, 0.2) is 0 Å². The van der Waals surface area contributed by atoms with E-state index in [1.54, 1.807) is 12.1 Å². The summed E-state index contributed by atoms with van der Waals surface area (Å²) >= 11 is 0. The minimum absolute atomic E-state index is 0.245. The van der Waals surface area contributed by atoms with Gasteiger partial charge in [0.25, 0.3) is 0 Å². The normalized spacial score (nSPS) is 17.0. The number of hydrogen-bond donors (Lipinski definition) is 2. The average molecular weight is 237 g/mol. The summed E-state index contributed by atoms with van der Waals surface area (Å²) in [4.78, 5) is 10.6. The van der Waals surface area contributed by atoms with E-state index in [1.165, 1.54) is 6.07 Å². The quantitative estimate of drug-likeness (QED) is 0.844. The van der Waals surface area contributed by atoms with Crippen molar-refractivity contribution in [1.29, 1.82) is 0 Å². The van der Waals surface area contributed by atoms with Crippen LogP contribution in [0.4, 0.5) is 4.39 Å². The van der Waals surface area contributed by atoms with Gasteiger partial charge in [0.1, 0.15) is 5.82 Å². The van der Waals surface area contributed by atoms with Gasteiger partial charge in [-0.05, 0) is 49.0 Å². The van der Waals surface area contributed by atoms with E-state index in [0.29, 0.717) is 5.92 Å². The van der Waals surface area contributed by atoms with E-state index in [2.05, 4.69) is 5.32 Å². The summed E-state index contributed by atoms with van der Waals surface area (Å²) in [5, 5.41) is 12.0. The maximum absolute atomic E-state index is 13.4. The Morgan fingerprint density at radius 2 is 2.12 bits per heavy atom. The molecular formula is C13H16FNO2. The molecule has 0 saturated carbocycles. The number of halogens is 1. The van der Waals surface area contributed by atoms with Gasteiger partial charge in [-0.15, -0.1) is 0 Å². The van der Waals surface area contributed by atoms with Crippen LogP contribution >= 0.6 is 0 Å². The number of piperidine rings is 1. The molecule has 17 heavy (non-hydrogen) atoms. The maximum Gasteiger partial charge on any atom is 0.307 e. The zero-order chi connectivity index (χ0) is 12.3. The summed E-state index contributed by atoms with van der Waals surface area (Å²) in [6.07, 6.45) is 1.81. The molecule has 4 heteroatoms. The predicted octanol–water partition coefficient (Wildman–Crippen LogP) is 1.92. The molecule has 1 aliphatic heterocycles. The molecule has 0 aliphatic carbocycles. The second-order valence-corrected chi connectivity index (χ2v) is 4.45. The summed E-state index contributed by atoms with van der Waals surface area (Å²) in [5.74, 6) is -0.999. The van der Waals surface area contributed by atoms with Crippen LogP contribution < -0.4 is 5.32 Å². The molecule has 1 aliphatic rings. The van der Waals surface area contributed by atoms with Crippen LogP contribution in [0.15, 0.2) is 18.2 Å². The van der Waals surface area contributed by atoms with Crippen molar-refractivity contribution in [3.63, 3.8) is 0 Å². The highest BCUT2D eigenvalue weighted by atomic mass is 19.1. The van der Waals surface area contributed by atoms with Gasteiger partial charge in [0, 0.05) is 0 Å². The average Bonchev–Trinajstić information content (AvgIpc) is 2.32. The Kier molecular flexibility index (Phi) is 3.74. The summed E-state index contributed by atoms with van der Waals surface area (Å²) in [5.41, 5.74) is 1.35. The van der Waals surface area contributed by atoms with Crippen molar-refractivity contribution < 1.29 is 14.3 Å². The summed E-state index contributed by atoms with van der Waals surface area (Å²) in [6.45, 7) is 1.94. The number of hydrogen-bond acceptors (Lipinski definition) is 2. The van der Waals surface area contributed by atoms with E-state index < -0.39 is 11.8 Å². The second kappa shape index (κ2) is 5.27. The lowest BCUT2D eigenvalue weighted by Crippen LogP contribution is -2.26. The fraction of sp³-hybridized carbons (Fsp3) is 0.462. The first kappa shape index (κ1) is 12.0. The highest BCUT2D eigenvalue weighted by Crippen LogP contribution is 2.26. The largest absolute Gasteiger partial charge is 0.481 e. The van der Waals surface area contributed by atoms with Crippen LogP contribution in [0.3, 0.4) is 0 Å². The molecule has 0 aromatic heterocycles. The van der Waals surface area contributed by atoms with Crippen molar-refractivity contribution in [2.24, 2.45) is 0 Å².